The van der Waals surface area contributed by atoms with Crippen molar-refractivity contribution in [3.05, 3.63) is 69.7 Å². The molecule has 0 fully saturated rings. The second-order valence-electron chi connectivity index (χ2n) is 8.56. The number of hydrogen-bond acceptors (Lipinski definition) is 4. The third-order valence-electron chi connectivity index (χ3n) is 5.68. The molecule has 0 aromatic heterocycles. The van der Waals surface area contributed by atoms with Crippen LogP contribution in [0, 0.1) is 0 Å². The quantitative estimate of drug-likeness (QED) is 0.248. The Bertz CT molecular complexity index is 954. The number of ether oxygens (including phenoxy) is 1. The molecule has 7 heteroatoms. The fourth-order valence-corrected chi connectivity index (χ4v) is 4.99. The largest absolute Gasteiger partial charge is 0.492 e. The smallest absolute Gasteiger partial charge is 0.228 e. The van der Waals surface area contributed by atoms with Crippen LogP contribution in [0.1, 0.15) is 63.5 Å². The monoisotopic (exact) mass is 566 g/mol. The summed E-state index contributed by atoms with van der Waals surface area (Å²) in [6.45, 7) is 5.87. The number of nitrogens with one attached hydrogen (secondary N) is 1. The molecule has 0 aliphatic carbocycles. The number of anilines is 1. The van der Waals surface area contributed by atoms with Gasteiger partial charge in [0.05, 0.1) is 23.9 Å². The molecule has 0 atom stereocenters. The molecule has 0 spiro atoms. The molecule has 2 aromatic carbocycles. The Morgan fingerprint density at radius 3 is 2.62 bits per heavy atom. The van der Waals surface area contributed by atoms with Gasteiger partial charge >= 0.3 is 0 Å². The van der Waals surface area contributed by atoms with Gasteiger partial charge in [-0.05, 0) is 54.1 Å². The van der Waals surface area contributed by atoms with Crippen molar-refractivity contribution in [2.24, 2.45) is 0 Å². The van der Waals surface area contributed by atoms with Crippen LogP contribution in [-0.2, 0) is 17.8 Å². The summed E-state index contributed by atoms with van der Waals surface area (Å²) >= 11 is 8.21. The molecule has 1 N–H and O–H groups in total. The standard InChI is InChI=1S/C27H35ClN2O2S.BrH/c1-3-4-5-6-7-8-14-32-26-13-12-22(16-25(26)28)17-27(31)29-24-11-9-10-23(15-24)18-30-20-33-19-21(30)2;/h9-13,15-16,19H,3-8,14,17-18,20H2,1-2H3,(H,29,31);1H. The van der Waals surface area contributed by atoms with Crippen molar-refractivity contribution in [1.29, 1.82) is 0 Å². The zero-order valence-electron chi connectivity index (χ0n) is 20.1. The van der Waals surface area contributed by atoms with Crippen molar-refractivity contribution in [3.8, 4) is 5.75 Å². The first-order valence-corrected chi connectivity index (χ1v) is 13.3. The number of allylic oxidation sites excluding steroid dienone is 1. The van der Waals surface area contributed by atoms with Gasteiger partial charge in [-0.1, -0.05) is 68.8 Å². The summed E-state index contributed by atoms with van der Waals surface area (Å²) in [5, 5.41) is 5.75. The fourth-order valence-electron chi connectivity index (χ4n) is 3.79. The highest BCUT2D eigenvalue weighted by molar-refractivity contribution is 8.93. The van der Waals surface area contributed by atoms with Gasteiger partial charge in [0.15, 0.2) is 0 Å². The van der Waals surface area contributed by atoms with E-state index >= 15 is 0 Å². The molecule has 3 rings (SSSR count). The van der Waals surface area contributed by atoms with Gasteiger partial charge < -0.3 is 15.0 Å². The average Bonchev–Trinajstić information content (AvgIpc) is 3.19. The Balaban J connectivity index is 0.00000408. The van der Waals surface area contributed by atoms with E-state index in [0.717, 1.165) is 30.1 Å². The Morgan fingerprint density at radius 2 is 1.88 bits per heavy atom. The number of nitrogens with zero attached hydrogens (tertiary/aromatic N) is 1. The third-order valence-corrected chi connectivity index (χ3v) is 6.95. The number of thioether (sulfide) groups is 1. The fraction of sp³-hybridized carbons (Fsp3) is 0.444. The van der Waals surface area contributed by atoms with Crippen LogP contribution in [0.15, 0.2) is 53.6 Å². The molecule has 34 heavy (non-hydrogen) atoms. The van der Waals surface area contributed by atoms with Crippen LogP contribution < -0.4 is 10.1 Å². The molecule has 1 amide bonds. The number of hydrogen-bond donors (Lipinski definition) is 1. The lowest BCUT2D eigenvalue weighted by Gasteiger charge is -2.19. The van der Waals surface area contributed by atoms with E-state index < -0.39 is 0 Å². The minimum Gasteiger partial charge on any atom is -0.492 e. The Kier molecular flexibility index (Phi) is 12.9. The van der Waals surface area contributed by atoms with Crippen molar-refractivity contribution in [2.45, 2.75) is 65.3 Å². The van der Waals surface area contributed by atoms with Gasteiger partial charge in [0.2, 0.25) is 5.91 Å². The lowest BCUT2D eigenvalue weighted by Crippen LogP contribution is -2.17. The van der Waals surface area contributed by atoms with Crippen molar-refractivity contribution in [3.63, 3.8) is 0 Å². The van der Waals surface area contributed by atoms with Gasteiger partial charge in [-0.3, -0.25) is 4.79 Å². The number of rotatable bonds is 13. The first kappa shape index (κ1) is 28.6. The SMILES string of the molecule is Br.CCCCCCCCOc1ccc(CC(=O)Nc2cccc(CN3CSC=C3C)c2)cc1Cl. The normalized spacial score (nSPS) is 12.8. The summed E-state index contributed by atoms with van der Waals surface area (Å²) in [6.07, 6.45) is 7.62. The first-order valence-electron chi connectivity index (χ1n) is 11.9. The number of carbonyl (C=O) groups excluding carboxylic acids is 1. The molecule has 0 unspecified atom stereocenters. The van der Waals surface area contributed by atoms with E-state index in [1.807, 2.05) is 48.2 Å². The maximum absolute atomic E-state index is 12.6. The van der Waals surface area contributed by atoms with Gasteiger partial charge in [0.1, 0.15) is 5.75 Å². The van der Waals surface area contributed by atoms with Crippen LogP contribution in [0.2, 0.25) is 5.02 Å². The van der Waals surface area contributed by atoms with E-state index in [9.17, 15) is 4.79 Å². The summed E-state index contributed by atoms with van der Waals surface area (Å²) in [6, 6.07) is 13.7. The number of unbranched alkanes of at least 4 members (excludes halogenated alkanes) is 5. The lowest BCUT2D eigenvalue weighted by molar-refractivity contribution is -0.115. The van der Waals surface area contributed by atoms with Crippen molar-refractivity contribution in [2.75, 3.05) is 17.8 Å². The van der Waals surface area contributed by atoms with E-state index in [1.54, 1.807) is 0 Å². The molecule has 1 heterocycles. The number of amides is 1. The van der Waals surface area contributed by atoms with E-state index in [2.05, 4.69) is 35.5 Å². The zero-order valence-corrected chi connectivity index (χ0v) is 23.4. The number of halogens is 2. The van der Waals surface area contributed by atoms with Crippen LogP contribution in [0.5, 0.6) is 5.75 Å². The van der Waals surface area contributed by atoms with Gasteiger partial charge in [-0.2, -0.15) is 0 Å². The highest BCUT2D eigenvalue weighted by Gasteiger charge is 2.13. The topological polar surface area (TPSA) is 41.6 Å². The zero-order chi connectivity index (χ0) is 23.5. The summed E-state index contributed by atoms with van der Waals surface area (Å²) in [7, 11) is 0. The lowest BCUT2D eigenvalue weighted by atomic mass is 10.1. The van der Waals surface area contributed by atoms with Crippen molar-refractivity contribution in [1.82, 2.24) is 4.90 Å². The number of benzene rings is 2. The maximum atomic E-state index is 12.6. The molecule has 0 bridgehead atoms. The van der Waals surface area contributed by atoms with E-state index in [0.29, 0.717) is 17.4 Å². The molecule has 2 aromatic rings. The molecule has 0 saturated carbocycles. The Labute approximate surface area is 224 Å². The van der Waals surface area contributed by atoms with E-state index in [-0.39, 0.29) is 29.3 Å². The summed E-state index contributed by atoms with van der Waals surface area (Å²) in [4.78, 5) is 14.9. The molecular weight excluding hydrogens is 532 g/mol. The van der Waals surface area contributed by atoms with Gasteiger partial charge in [0, 0.05) is 17.9 Å². The van der Waals surface area contributed by atoms with Crippen LogP contribution in [0.4, 0.5) is 5.69 Å². The summed E-state index contributed by atoms with van der Waals surface area (Å²) in [5.74, 6) is 1.60. The summed E-state index contributed by atoms with van der Waals surface area (Å²) < 4.78 is 5.83. The second kappa shape index (κ2) is 15.4. The predicted octanol–water partition coefficient (Wildman–Crippen LogP) is 8.21. The predicted molar refractivity (Wildman–Crippen MR) is 151 cm³/mol. The van der Waals surface area contributed by atoms with Crippen molar-refractivity contribution >= 4 is 51.9 Å². The molecular formula is C27H36BrClN2O2S. The van der Waals surface area contributed by atoms with Crippen LogP contribution >= 0.6 is 40.3 Å². The van der Waals surface area contributed by atoms with Gasteiger partial charge in [-0.15, -0.1) is 28.7 Å². The van der Waals surface area contributed by atoms with E-state index in [4.69, 9.17) is 16.3 Å². The second-order valence-corrected chi connectivity index (χ2v) is 9.79. The molecule has 0 radical (unpaired) electrons. The minimum atomic E-state index is -0.0585. The molecule has 1 aliphatic heterocycles. The molecule has 0 saturated heterocycles. The summed E-state index contributed by atoms with van der Waals surface area (Å²) in [5.41, 5.74) is 4.15. The Hall–Kier alpha value is -1.63. The van der Waals surface area contributed by atoms with Crippen molar-refractivity contribution < 1.29 is 9.53 Å². The van der Waals surface area contributed by atoms with E-state index in [1.165, 1.54) is 43.4 Å². The highest BCUT2D eigenvalue weighted by atomic mass is 79.9. The number of carbonyl (C=O) groups is 1. The van der Waals surface area contributed by atoms with Crippen LogP contribution in [0.25, 0.3) is 0 Å². The third kappa shape index (κ3) is 9.55. The van der Waals surface area contributed by atoms with Crippen LogP contribution in [0.3, 0.4) is 0 Å². The maximum Gasteiger partial charge on any atom is 0.228 e. The molecule has 186 valence electrons. The minimum absolute atomic E-state index is 0. The van der Waals surface area contributed by atoms with Gasteiger partial charge in [-0.25, -0.2) is 0 Å². The first-order chi connectivity index (χ1) is 16.0. The molecule has 4 nitrogen and oxygen atoms in total. The van der Waals surface area contributed by atoms with Gasteiger partial charge in [0.25, 0.3) is 0 Å². The Morgan fingerprint density at radius 1 is 1.09 bits per heavy atom. The molecule has 1 aliphatic rings. The van der Waals surface area contributed by atoms with Crippen LogP contribution in [-0.4, -0.2) is 23.3 Å². The highest BCUT2D eigenvalue weighted by Crippen LogP contribution is 2.27. The average molecular weight is 568 g/mol.